The molecule has 3 rings (SSSR count). The molecule has 0 radical (unpaired) electrons. The third kappa shape index (κ3) is 3.09. The molecule has 1 atom stereocenters. The summed E-state index contributed by atoms with van der Waals surface area (Å²) in [6.45, 7) is 4.91. The molecular weight excluding hydrogens is 250 g/mol. The summed E-state index contributed by atoms with van der Waals surface area (Å²) in [6.07, 6.45) is 7.09. The predicted molar refractivity (Wildman–Crippen MR) is 80.8 cm³/mol. The van der Waals surface area contributed by atoms with Crippen molar-refractivity contribution in [3.63, 3.8) is 0 Å². The first kappa shape index (κ1) is 13.7. The molecule has 110 valence electrons. The van der Waals surface area contributed by atoms with Gasteiger partial charge in [0, 0.05) is 12.5 Å². The Morgan fingerprint density at radius 1 is 1.05 bits per heavy atom. The SMILES string of the molecule is CCc1cc2c(cc1CC1CCCCN1)OCCCO2. The second-order valence-corrected chi connectivity index (χ2v) is 5.82. The van der Waals surface area contributed by atoms with E-state index >= 15 is 0 Å². The Morgan fingerprint density at radius 2 is 1.80 bits per heavy atom. The minimum atomic E-state index is 0.624. The van der Waals surface area contributed by atoms with Gasteiger partial charge in [0.2, 0.25) is 0 Å². The lowest BCUT2D eigenvalue weighted by atomic mass is 9.93. The van der Waals surface area contributed by atoms with Gasteiger partial charge in [0.05, 0.1) is 13.2 Å². The Bertz CT molecular complexity index is 453. The van der Waals surface area contributed by atoms with Crippen LogP contribution in [0.4, 0.5) is 0 Å². The minimum absolute atomic E-state index is 0.624. The minimum Gasteiger partial charge on any atom is -0.490 e. The van der Waals surface area contributed by atoms with E-state index in [0.717, 1.165) is 50.5 Å². The van der Waals surface area contributed by atoms with Crippen molar-refractivity contribution in [2.75, 3.05) is 19.8 Å². The molecule has 0 amide bonds. The van der Waals surface area contributed by atoms with Gasteiger partial charge >= 0.3 is 0 Å². The number of ether oxygens (including phenoxy) is 2. The molecule has 2 aliphatic rings. The summed E-state index contributed by atoms with van der Waals surface area (Å²) in [5.74, 6) is 1.87. The summed E-state index contributed by atoms with van der Waals surface area (Å²) >= 11 is 0. The maximum Gasteiger partial charge on any atom is 0.161 e. The fourth-order valence-corrected chi connectivity index (χ4v) is 3.18. The molecule has 1 aromatic carbocycles. The van der Waals surface area contributed by atoms with Gasteiger partial charge in [0.25, 0.3) is 0 Å². The van der Waals surface area contributed by atoms with Crippen molar-refractivity contribution >= 4 is 0 Å². The molecule has 0 saturated carbocycles. The molecule has 1 aromatic rings. The molecule has 0 bridgehead atoms. The van der Waals surface area contributed by atoms with Gasteiger partial charge in [-0.15, -0.1) is 0 Å². The van der Waals surface area contributed by atoms with Crippen LogP contribution >= 0.6 is 0 Å². The quantitative estimate of drug-likeness (QED) is 0.919. The standard InChI is InChI=1S/C17H25NO2/c1-2-13-11-16-17(20-9-5-8-19-16)12-14(13)10-15-6-3-4-7-18-15/h11-12,15,18H,2-10H2,1H3. The zero-order valence-corrected chi connectivity index (χ0v) is 12.4. The Kier molecular flexibility index (Phi) is 4.46. The predicted octanol–water partition coefficient (Wildman–Crippen LogP) is 3.09. The molecule has 2 aliphatic heterocycles. The van der Waals surface area contributed by atoms with Crippen LogP contribution < -0.4 is 14.8 Å². The largest absolute Gasteiger partial charge is 0.490 e. The molecule has 2 heterocycles. The number of rotatable bonds is 3. The molecule has 0 aliphatic carbocycles. The van der Waals surface area contributed by atoms with Gasteiger partial charge in [0.1, 0.15) is 0 Å². The van der Waals surface area contributed by atoms with E-state index < -0.39 is 0 Å². The monoisotopic (exact) mass is 275 g/mol. The maximum atomic E-state index is 5.83. The average Bonchev–Trinajstić information content (AvgIpc) is 2.72. The maximum absolute atomic E-state index is 5.83. The highest BCUT2D eigenvalue weighted by molar-refractivity contribution is 5.48. The van der Waals surface area contributed by atoms with Crippen molar-refractivity contribution in [1.29, 1.82) is 0 Å². The third-order valence-corrected chi connectivity index (χ3v) is 4.33. The Hall–Kier alpha value is -1.22. The topological polar surface area (TPSA) is 30.5 Å². The number of nitrogens with one attached hydrogen (secondary N) is 1. The first-order valence-corrected chi connectivity index (χ1v) is 8.01. The van der Waals surface area contributed by atoms with Gasteiger partial charge in [-0.25, -0.2) is 0 Å². The van der Waals surface area contributed by atoms with Crippen LogP contribution in [0.1, 0.15) is 43.7 Å². The van der Waals surface area contributed by atoms with E-state index in [-0.39, 0.29) is 0 Å². The van der Waals surface area contributed by atoms with E-state index in [1.807, 2.05) is 0 Å². The molecule has 3 nitrogen and oxygen atoms in total. The van der Waals surface area contributed by atoms with Crippen LogP contribution in [-0.2, 0) is 12.8 Å². The van der Waals surface area contributed by atoms with E-state index in [4.69, 9.17) is 9.47 Å². The van der Waals surface area contributed by atoms with Crippen molar-refractivity contribution in [3.05, 3.63) is 23.3 Å². The number of aryl methyl sites for hydroxylation is 1. The number of hydrogen-bond donors (Lipinski definition) is 1. The molecule has 1 N–H and O–H groups in total. The van der Waals surface area contributed by atoms with Crippen LogP contribution in [0.5, 0.6) is 11.5 Å². The lowest BCUT2D eigenvalue weighted by Crippen LogP contribution is -2.35. The van der Waals surface area contributed by atoms with Gasteiger partial charge in [-0.3, -0.25) is 0 Å². The van der Waals surface area contributed by atoms with Gasteiger partial charge in [-0.2, -0.15) is 0 Å². The summed E-state index contributed by atoms with van der Waals surface area (Å²) in [4.78, 5) is 0. The number of hydrogen-bond acceptors (Lipinski definition) is 3. The van der Waals surface area contributed by atoms with Gasteiger partial charge in [0.15, 0.2) is 11.5 Å². The van der Waals surface area contributed by atoms with Gasteiger partial charge < -0.3 is 14.8 Å². The Balaban J connectivity index is 1.82. The summed E-state index contributed by atoms with van der Waals surface area (Å²) in [5, 5.41) is 3.64. The van der Waals surface area contributed by atoms with Crippen LogP contribution in [0.2, 0.25) is 0 Å². The zero-order valence-electron chi connectivity index (χ0n) is 12.4. The zero-order chi connectivity index (χ0) is 13.8. The van der Waals surface area contributed by atoms with Crippen molar-refractivity contribution in [2.45, 2.75) is 51.5 Å². The summed E-state index contributed by atoms with van der Waals surface area (Å²) < 4.78 is 11.6. The second-order valence-electron chi connectivity index (χ2n) is 5.82. The van der Waals surface area contributed by atoms with E-state index in [1.54, 1.807) is 0 Å². The van der Waals surface area contributed by atoms with E-state index in [0.29, 0.717) is 6.04 Å². The highest BCUT2D eigenvalue weighted by Crippen LogP contribution is 2.34. The highest BCUT2D eigenvalue weighted by atomic mass is 16.5. The molecule has 1 saturated heterocycles. The van der Waals surface area contributed by atoms with Crippen molar-refractivity contribution in [1.82, 2.24) is 5.32 Å². The Labute approximate surface area is 121 Å². The molecule has 3 heteroatoms. The van der Waals surface area contributed by atoms with Crippen LogP contribution in [0.15, 0.2) is 12.1 Å². The lowest BCUT2D eigenvalue weighted by molar-refractivity contribution is 0.297. The van der Waals surface area contributed by atoms with Crippen molar-refractivity contribution in [3.8, 4) is 11.5 Å². The van der Waals surface area contributed by atoms with Crippen LogP contribution in [0, 0.1) is 0 Å². The van der Waals surface area contributed by atoms with E-state index in [1.165, 1.54) is 30.4 Å². The third-order valence-electron chi connectivity index (χ3n) is 4.33. The van der Waals surface area contributed by atoms with Crippen LogP contribution in [0.25, 0.3) is 0 Å². The van der Waals surface area contributed by atoms with Crippen molar-refractivity contribution in [2.24, 2.45) is 0 Å². The Morgan fingerprint density at radius 3 is 2.45 bits per heavy atom. The summed E-state index contributed by atoms with van der Waals surface area (Å²) in [6, 6.07) is 5.04. The molecule has 20 heavy (non-hydrogen) atoms. The van der Waals surface area contributed by atoms with E-state index in [2.05, 4.69) is 24.4 Å². The average molecular weight is 275 g/mol. The van der Waals surface area contributed by atoms with E-state index in [9.17, 15) is 0 Å². The molecular formula is C17H25NO2. The summed E-state index contributed by atoms with van der Waals surface area (Å²) in [7, 11) is 0. The fraction of sp³-hybridized carbons (Fsp3) is 0.647. The number of benzene rings is 1. The summed E-state index contributed by atoms with van der Waals surface area (Å²) in [5.41, 5.74) is 2.83. The smallest absolute Gasteiger partial charge is 0.161 e. The first-order valence-electron chi connectivity index (χ1n) is 8.01. The first-order chi connectivity index (χ1) is 9.86. The molecule has 1 unspecified atom stereocenters. The van der Waals surface area contributed by atoms with Crippen LogP contribution in [0.3, 0.4) is 0 Å². The molecule has 0 aromatic heterocycles. The lowest BCUT2D eigenvalue weighted by Gasteiger charge is -2.25. The fourth-order valence-electron chi connectivity index (χ4n) is 3.18. The highest BCUT2D eigenvalue weighted by Gasteiger charge is 2.18. The number of piperidine rings is 1. The number of fused-ring (bicyclic) bond motifs is 1. The van der Waals surface area contributed by atoms with Crippen molar-refractivity contribution < 1.29 is 9.47 Å². The van der Waals surface area contributed by atoms with Gasteiger partial charge in [-0.05, 0) is 55.5 Å². The van der Waals surface area contributed by atoms with Crippen LogP contribution in [-0.4, -0.2) is 25.8 Å². The van der Waals surface area contributed by atoms with Gasteiger partial charge in [-0.1, -0.05) is 13.3 Å². The molecule has 0 spiro atoms. The second kappa shape index (κ2) is 6.49. The normalized spacial score (nSPS) is 22.4. The molecule has 1 fully saturated rings.